The zero-order valence-corrected chi connectivity index (χ0v) is 18.9. The standard InChI is InChI=1S/C23H18ClF3N2O3S/c1-2-14-7-10-20-17(11-14)16-5-3-4-6-21(16)33(31,32)29(20)13-22(30)28-19-9-8-15(24)12-18(19)23(25,26)27/h3-12H,2,13H2,1H3,(H,28,30). The molecule has 0 spiro atoms. The van der Waals surface area contributed by atoms with Crippen LogP contribution in [0.2, 0.25) is 5.02 Å². The minimum atomic E-state index is -4.76. The summed E-state index contributed by atoms with van der Waals surface area (Å²) in [6.45, 7) is 1.26. The highest BCUT2D eigenvalue weighted by atomic mass is 35.5. The number of rotatable bonds is 4. The van der Waals surface area contributed by atoms with Gasteiger partial charge in [0, 0.05) is 16.1 Å². The minimum Gasteiger partial charge on any atom is -0.324 e. The molecule has 0 saturated heterocycles. The van der Waals surface area contributed by atoms with Crippen LogP contribution in [-0.2, 0) is 27.4 Å². The third kappa shape index (κ3) is 4.30. The van der Waals surface area contributed by atoms with Gasteiger partial charge < -0.3 is 5.32 Å². The van der Waals surface area contributed by atoms with Gasteiger partial charge in [-0.05, 0) is 48.4 Å². The van der Waals surface area contributed by atoms with Crippen molar-refractivity contribution in [3.8, 4) is 11.1 Å². The molecule has 33 heavy (non-hydrogen) atoms. The fraction of sp³-hybridized carbons (Fsp3) is 0.174. The molecule has 1 heterocycles. The molecule has 1 aliphatic heterocycles. The smallest absolute Gasteiger partial charge is 0.324 e. The van der Waals surface area contributed by atoms with E-state index in [4.69, 9.17) is 11.6 Å². The zero-order valence-electron chi connectivity index (χ0n) is 17.3. The van der Waals surface area contributed by atoms with Gasteiger partial charge in [-0.2, -0.15) is 13.2 Å². The molecule has 10 heteroatoms. The summed E-state index contributed by atoms with van der Waals surface area (Å²) < 4.78 is 67.7. The number of carbonyl (C=O) groups is 1. The van der Waals surface area contributed by atoms with Crippen molar-refractivity contribution >= 4 is 38.9 Å². The first-order valence-corrected chi connectivity index (χ1v) is 11.8. The van der Waals surface area contributed by atoms with E-state index in [1.165, 1.54) is 12.1 Å². The third-order valence-corrected chi connectivity index (χ3v) is 7.38. The number of fused-ring (bicyclic) bond motifs is 3. The number of carbonyl (C=O) groups excluding carboxylic acids is 1. The Balaban J connectivity index is 1.73. The van der Waals surface area contributed by atoms with Crippen molar-refractivity contribution in [2.75, 3.05) is 16.2 Å². The van der Waals surface area contributed by atoms with Gasteiger partial charge in [0.05, 0.1) is 21.8 Å². The number of alkyl halides is 3. The number of nitrogens with zero attached hydrogens (tertiary/aromatic N) is 1. The lowest BCUT2D eigenvalue weighted by molar-refractivity contribution is -0.137. The molecule has 4 rings (SSSR count). The van der Waals surface area contributed by atoms with Gasteiger partial charge in [0.2, 0.25) is 5.91 Å². The second kappa shape index (κ2) is 8.39. The fourth-order valence-corrected chi connectivity index (χ4v) is 5.57. The van der Waals surface area contributed by atoms with Gasteiger partial charge in [0.1, 0.15) is 6.54 Å². The highest BCUT2D eigenvalue weighted by molar-refractivity contribution is 7.93. The van der Waals surface area contributed by atoms with E-state index in [-0.39, 0.29) is 15.6 Å². The number of amides is 1. The number of halogens is 4. The summed E-state index contributed by atoms with van der Waals surface area (Å²) in [6.07, 6.45) is -4.04. The lowest BCUT2D eigenvalue weighted by Gasteiger charge is -2.32. The fourth-order valence-electron chi connectivity index (χ4n) is 3.75. The van der Waals surface area contributed by atoms with Crippen LogP contribution in [0.4, 0.5) is 24.5 Å². The summed E-state index contributed by atoms with van der Waals surface area (Å²) in [5.41, 5.74) is 0.777. The van der Waals surface area contributed by atoms with E-state index in [0.29, 0.717) is 17.2 Å². The van der Waals surface area contributed by atoms with Crippen molar-refractivity contribution in [1.29, 1.82) is 0 Å². The number of hydrogen-bond donors (Lipinski definition) is 1. The first kappa shape index (κ1) is 23.1. The van der Waals surface area contributed by atoms with Crippen LogP contribution in [0.1, 0.15) is 18.1 Å². The summed E-state index contributed by atoms with van der Waals surface area (Å²) in [6, 6.07) is 14.6. The van der Waals surface area contributed by atoms with Crippen LogP contribution in [-0.4, -0.2) is 20.9 Å². The van der Waals surface area contributed by atoms with Crippen LogP contribution >= 0.6 is 11.6 Å². The number of nitrogens with one attached hydrogen (secondary N) is 1. The first-order chi connectivity index (χ1) is 15.5. The molecule has 0 unspecified atom stereocenters. The monoisotopic (exact) mass is 494 g/mol. The molecular formula is C23H18ClF3N2O3S. The van der Waals surface area contributed by atoms with Gasteiger partial charge >= 0.3 is 6.18 Å². The molecule has 0 aliphatic carbocycles. The van der Waals surface area contributed by atoms with Crippen LogP contribution in [0.25, 0.3) is 11.1 Å². The van der Waals surface area contributed by atoms with Gasteiger partial charge in [0.15, 0.2) is 0 Å². The number of benzene rings is 3. The predicted molar refractivity (Wildman–Crippen MR) is 121 cm³/mol. The molecular weight excluding hydrogens is 477 g/mol. The second-order valence-corrected chi connectivity index (χ2v) is 9.72. The number of anilines is 2. The Labute approximate surface area is 193 Å². The van der Waals surface area contributed by atoms with Crippen LogP contribution in [0.3, 0.4) is 0 Å². The van der Waals surface area contributed by atoms with Gasteiger partial charge in [-0.3, -0.25) is 9.10 Å². The lowest BCUT2D eigenvalue weighted by Crippen LogP contribution is -2.40. The van der Waals surface area contributed by atoms with Gasteiger partial charge in [-0.1, -0.05) is 42.8 Å². The van der Waals surface area contributed by atoms with Crippen molar-refractivity contribution < 1.29 is 26.4 Å². The van der Waals surface area contributed by atoms with Crippen LogP contribution in [0.5, 0.6) is 0 Å². The Morgan fingerprint density at radius 3 is 2.45 bits per heavy atom. The minimum absolute atomic E-state index is 0.0287. The number of hydrogen-bond acceptors (Lipinski definition) is 3. The van der Waals surface area contributed by atoms with Gasteiger partial charge in [-0.25, -0.2) is 8.42 Å². The largest absolute Gasteiger partial charge is 0.418 e. The van der Waals surface area contributed by atoms with Crippen LogP contribution in [0, 0.1) is 0 Å². The number of sulfonamides is 1. The predicted octanol–water partition coefficient (Wildman–Crippen LogP) is 5.74. The molecule has 1 aliphatic rings. The molecule has 0 atom stereocenters. The molecule has 0 aromatic heterocycles. The van der Waals surface area contributed by atoms with Gasteiger partial charge in [0.25, 0.3) is 10.0 Å². The normalized spacial score (nSPS) is 14.4. The molecule has 3 aromatic carbocycles. The molecule has 0 bridgehead atoms. The molecule has 172 valence electrons. The molecule has 0 fully saturated rings. The maximum Gasteiger partial charge on any atom is 0.418 e. The van der Waals surface area contributed by atoms with Crippen molar-refractivity contribution in [2.45, 2.75) is 24.4 Å². The van der Waals surface area contributed by atoms with Crippen molar-refractivity contribution in [2.24, 2.45) is 0 Å². The Kier molecular flexibility index (Phi) is 5.88. The Morgan fingerprint density at radius 1 is 1.03 bits per heavy atom. The van der Waals surface area contributed by atoms with Crippen LogP contribution < -0.4 is 9.62 Å². The summed E-state index contributed by atoms with van der Waals surface area (Å²) >= 11 is 5.68. The quantitative estimate of drug-likeness (QED) is 0.503. The van der Waals surface area contributed by atoms with E-state index in [9.17, 15) is 26.4 Å². The first-order valence-electron chi connectivity index (χ1n) is 9.94. The Bertz CT molecular complexity index is 1360. The van der Waals surface area contributed by atoms with Crippen molar-refractivity contribution in [3.05, 3.63) is 76.8 Å². The van der Waals surface area contributed by atoms with E-state index in [0.717, 1.165) is 22.4 Å². The Hall–Kier alpha value is -3.04. The molecule has 0 radical (unpaired) electrons. The highest BCUT2D eigenvalue weighted by Gasteiger charge is 2.37. The average molecular weight is 495 g/mol. The Morgan fingerprint density at radius 2 is 1.76 bits per heavy atom. The van der Waals surface area contributed by atoms with Gasteiger partial charge in [-0.15, -0.1) is 0 Å². The molecule has 5 nitrogen and oxygen atoms in total. The maximum absolute atomic E-state index is 13.4. The summed E-state index contributed by atoms with van der Waals surface area (Å²) in [5.74, 6) is -0.920. The second-order valence-electron chi connectivity index (χ2n) is 7.45. The van der Waals surface area contributed by atoms with E-state index in [2.05, 4.69) is 5.32 Å². The molecule has 1 N–H and O–H groups in total. The SMILES string of the molecule is CCc1ccc2c(c1)-c1ccccc1S(=O)(=O)N2CC(=O)Nc1ccc(Cl)cc1C(F)(F)F. The number of aryl methyl sites for hydroxylation is 1. The molecule has 0 saturated carbocycles. The zero-order chi connectivity index (χ0) is 24.0. The summed E-state index contributed by atoms with van der Waals surface area (Å²) in [4.78, 5) is 12.8. The van der Waals surface area contributed by atoms with E-state index < -0.39 is 39.9 Å². The average Bonchev–Trinajstić information content (AvgIpc) is 2.77. The van der Waals surface area contributed by atoms with Crippen LogP contribution in [0.15, 0.2) is 65.6 Å². The summed E-state index contributed by atoms with van der Waals surface area (Å²) in [7, 11) is -4.12. The maximum atomic E-state index is 13.4. The topological polar surface area (TPSA) is 66.5 Å². The van der Waals surface area contributed by atoms with E-state index >= 15 is 0 Å². The van der Waals surface area contributed by atoms with E-state index in [1.807, 2.05) is 13.0 Å². The van der Waals surface area contributed by atoms with Crippen molar-refractivity contribution in [3.63, 3.8) is 0 Å². The molecule has 3 aromatic rings. The lowest BCUT2D eigenvalue weighted by atomic mass is 9.99. The molecule has 1 amide bonds. The summed E-state index contributed by atoms with van der Waals surface area (Å²) in [5, 5.41) is 2.04. The highest BCUT2D eigenvalue weighted by Crippen LogP contribution is 2.43. The van der Waals surface area contributed by atoms with Crippen molar-refractivity contribution in [1.82, 2.24) is 0 Å². The van der Waals surface area contributed by atoms with E-state index in [1.54, 1.807) is 30.3 Å². The third-order valence-electron chi connectivity index (χ3n) is 5.33.